The number of carbonyl (C=O) groups is 2. The van der Waals surface area contributed by atoms with E-state index in [1.54, 1.807) is 0 Å². The van der Waals surface area contributed by atoms with Crippen LogP contribution in [0.3, 0.4) is 0 Å². The average Bonchev–Trinajstić information content (AvgIpc) is 3.13. The topological polar surface area (TPSA) is 52.6 Å². The van der Waals surface area contributed by atoms with E-state index in [9.17, 15) is 9.59 Å². The molecule has 3 atom stereocenters. The summed E-state index contributed by atoms with van der Waals surface area (Å²) in [5.41, 5.74) is 1.33. The van der Waals surface area contributed by atoms with Crippen molar-refractivity contribution in [3.05, 3.63) is 11.1 Å². The predicted octanol–water partition coefficient (Wildman–Crippen LogP) is 3.26. The highest BCUT2D eigenvalue weighted by Crippen LogP contribution is 2.59. The van der Waals surface area contributed by atoms with Gasteiger partial charge in [0.2, 0.25) is 0 Å². The van der Waals surface area contributed by atoms with Crippen LogP contribution in [0.2, 0.25) is 0 Å². The van der Waals surface area contributed by atoms with Crippen molar-refractivity contribution in [2.75, 3.05) is 14.2 Å². The van der Waals surface area contributed by atoms with Gasteiger partial charge in [0.05, 0.1) is 14.2 Å². The van der Waals surface area contributed by atoms with Crippen molar-refractivity contribution in [2.24, 2.45) is 23.2 Å². The molecule has 3 aliphatic rings. The van der Waals surface area contributed by atoms with Crippen LogP contribution in [0.4, 0.5) is 0 Å². The number of allylic oxidation sites excluding steroid dienone is 2. The number of hydrogen-bond donors (Lipinski definition) is 0. The van der Waals surface area contributed by atoms with Crippen molar-refractivity contribution in [2.45, 2.75) is 51.9 Å². The van der Waals surface area contributed by atoms with E-state index in [1.807, 2.05) is 0 Å². The van der Waals surface area contributed by atoms with Crippen LogP contribution in [-0.4, -0.2) is 26.2 Å². The molecule has 122 valence electrons. The molecular formula is C18H26O4. The highest BCUT2D eigenvalue weighted by molar-refractivity contribution is 6.01. The van der Waals surface area contributed by atoms with Gasteiger partial charge < -0.3 is 9.47 Å². The van der Waals surface area contributed by atoms with E-state index in [-0.39, 0.29) is 0 Å². The molecule has 3 rings (SSSR count). The summed E-state index contributed by atoms with van der Waals surface area (Å²) in [5.74, 6) is 1.64. The largest absolute Gasteiger partial charge is 0.468 e. The smallest absolute Gasteiger partial charge is 0.323 e. The van der Waals surface area contributed by atoms with Gasteiger partial charge in [0.15, 0.2) is 5.41 Å². The first-order valence-electron chi connectivity index (χ1n) is 8.38. The fourth-order valence-electron chi connectivity index (χ4n) is 4.89. The molecule has 22 heavy (non-hydrogen) atoms. The zero-order chi connectivity index (χ0) is 15.9. The lowest BCUT2D eigenvalue weighted by Gasteiger charge is -2.23. The van der Waals surface area contributed by atoms with E-state index in [0.717, 1.165) is 24.2 Å². The lowest BCUT2D eigenvalue weighted by Crippen LogP contribution is -2.39. The van der Waals surface area contributed by atoms with Crippen LogP contribution in [0.5, 0.6) is 0 Å². The number of fused-ring (bicyclic) bond motifs is 1. The first-order valence-corrected chi connectivity index (χ1v) is 8.38. The van der Waals surface area contributed by atoms with E-state index >= 15 is 0 Å². The highest BCUT2D eigenvalue weighted by Gasteiger charge is 2.55. The van der Waals surface area contributed by atoms with Crippen molar-refractivity contribution < 1.29 is 19.1 Å². The Labute approximate surface area is 132 Å². The number of rotatable bonds is 4. The van der Waals surface area contributed by atoms with Crippen LogP contribution in [0.25, 0.3) is 0 Å². The molecule has 0 amide bonds. The van der Waals surface area contributed by atoms with Crippen LogP contribution in [-0.2, 0) is 19.1 Å². The molecule has 0 aromatic carbocycles. The molecule has 3 aliphatic carbocycles. The predicted molar refractivity (Wildman–Crippen MR) is 82.0 cm³/mol. The van der Waals surface area contributed by atoms with Crippen LogP contribution < -0.4 is 0 Å². The first kappa shape index (κ1) is 15.6. The Morgan fingerprint density at radius 1 is 1.05 bits per heavy atom. The number of esters is 2. The minimum Gasteiger partial charge on any atom is -0.468 e. The third-order valence-corrected chi connectivity index (χ3v) is 6.15. The fraction of sp³-hybridized carbons (Fsp3) is 0.778. The molecule has 0 heterocycles. The molecule has 2 fully saturated rings. The van der Waals surface area contributed by atoms with E-state index in [1.165, 1.54) is 51.0 Å². The molecule has 2 saturated carbocycles. The second-order valence-corrected chi connectivity index (χ2v) is 7.28. The zero-order valence-electron chi connectivity index (χ0n) is 13.8. The van der Waals surface area contributed by atoms with Gasteiger partial charge in [0.25, 0.3) is 0 Å². The molecule has 0 aromatic rings. The third kappa shape index (κ3) is 2.37. The first-order chi connectivity index (χ1) is 10.5. The van der Waals surface area contributed by atoms with E-state index in [0.29, 0.717) is 12.8 Å². The van der Waals surface area contributed by atoms with Gasteiger partial charge in [-0.15, -0.1) is 0 Å². The molecule has 0 radical (unpaired) electrons. The van der Waals surface area contributed by atoms with Gasteiger partial charge in [0, 0.05) is 0 Å². The lowest BCUT2D eigenvalue weighted by atomic mass is 9.83. The van der Waals surface area contributed by atoms with Crippen molar-refractivity contribution in [1.29, 1.82) is 0 Å². The Bertz CT molecular complexity index is 491. The lowest BCUT2D eigenvalue weighted by molar-refractivity contribution is -0.168. The molecule has 0 saturated heterocycles. The Morgan fingerprint density at radius 2 is 1.59 bits per heavy atom. The maximum atomic E-state index is 12.2. The summed E-state index contributed by atoms with van der Waals surface area (Å²) in [6, 6.07) is 0. The second kappa shape index (κ2) is 5.71. The van der Waals surface area contributed by atoms with Gasteiger partial charge in [-0.05, 0) is 56.8 Å². The molecule has 0 aliphatic heterocycles. The van der Waals surface area contributed by atoms with Crippen LogP contribution in [0, 0.1) is 23.2 Å². The summed E-state index contributed by atoms with van der Waals surface area (Å²) in [6.45, 7) is 2.05. The molecular weight excluding hydrogens is 280 g/mol. The molecule has 4 nitrogen and oxygen atoms in total. The van der Waals surface area contributed by atoms with Gasteiger partial charge in [0.1, 0.15) is 0 Å². The third-order valence-electron chi connectivity index (χ3n) is 6.15. The van der Waals surface area contributed by atoms with Crippen LogP contribution >= 0.6 is 0 Å². The van der Waals surface area contributed by atoms with Gasteiger partial charge in [-0.3, -0.25) is 9.59 Å². The molecule has 0 bridgehead atoms. The molecule has 4 heteroatoms. The number of ether oxygens (including phenoxy) is 2. The number of hydrogen-bond acceptors (Lipinski definition) is 4. The van der Waals surface area contributed by atoms with Gasteiger partial charge in [-0.25, -0.2) is 0 Å². The summed E-state index contributed by atoms with van der Waals surface area (Å²) in [7, 11) is 2.69. The maximum Gasteiger partial charge on any atom is 0.323 e. The zero-order valence-corrected chi connectivity index (χ0v) is 13.8. The molecule has 0 N–H and O–H groups in total. The summed E-state index contributed by atoms with van der Waals surface area (Å²) < 4.78 is 9.81. The van der Waals surface area contributed by atoms with Crippen LogP contribution in [0.15, 0.2) is 11.1 Å². The van der Waals surface area contributed by atoms with E-state index in [4.69, 9.17) is 9.47 Å². The standard InChI is InChI=1S/C18H26O4/c1-11-9-18(16(19)21-2,17(20)22-3)10-12(11)8-15-13-6-4-5-7-14(13)15/h13-15H,4-10H2,1-3H3/t13-,14+,15?. The summed E-state index contributed by atoms with van der Waals surface area (Å²) in [6.07, 6.45) is 7.43. The molecule has 0 spiro atoms. The summed E-state index contributed by atoms with van der Waals surface area (Å²) in [4.78, 5) is 24.5. The van der Waals surface area contributed by atoms with Gasteiger partial charge >= 0.3 is 11.9 Å². The van der Waals surface area contributed by atoms with Gasteiger partial charge in [-0.1, -0.05) is 24.0 Å². The van der Waals surface area contributed by atoms with Crippen molar-refractivity contribution in [1.82, 2.24) is 0 Å². The fourth-order valence-corrected chi connectivity index (χ4v) is 4.89. The summed E-state index contributed by atoms with van der Waals surface area (Å²) >= 11 is 0. The Hall–Kier alpha value is -1.32. The maximum absolute atomic E-state index is 12.2. The Morgan fingerprint density at radius 3 is 2.09 bits per heavy atom. The highest BCUT2D eigenvalue weighted by atomic mass is 16.5. The van der Waals surface area contributed by atoms with Crippen LogP contribution in [0.1, 0.15) is 51.9 Å². The minimum absolute atomic E-state index is 0.448. The summed E-state index contributed by atoms with van der Waals surface area (Å²) in [5, 5.41) is 0. The van der Waals surface area contributed by atoms with Crippen molar-refractivity contribution >= 4 is 11.9 Å². The van der Waals surface area contributed by atoms with E-state index < -0.39 is 17.4 Å². The normalized spacial score (nSPS) is 32.4. The van der Waals surface area contributed by atoms with E-state index in [2.05, 4.69) is 6.92 Å². The Kier molecular flexibility index (Phi) is 4.04. The Balaban J connectivity index is 1.72. The second-order valence-electron chi connectivity index (χ2n) is 7.28. The molecule has 1 unspecified atom stereocenters. The monoisotopic (exact) mass is 306 g/mol. The minimum atomic E-state index is -1.14. The van der Waals surface area contributed by atoms with Crippen molar-refractivity contribution in [3.63, 3.8) is 0 Å². The molecule has 0 aromatic heterocycles. The number of methoxy groups -OCH3 is 2. The van der Waals surface area contributed by atoms with Gasteiger partial charge in [-0.2, -0.15) is 0 Å². The quantitative estimate of drug-likeness (QED) is 0.454. The number of carbonyl (C=O) groups excluding carboxylic acids is 2. The van der Waals surface area contributed by atoms with Crippen molar-refractivity contribution in [3.8, 4) is 0 Å². The SMILES string of the molecule is COC(=O)C1(C(=O)OC)CC(C)=C(CC2[C@H]3CCCC[C@@H]23)C1. The average molecular weight is 306 g/mol.